The maximum absolute atomic E-state index is 12.2. The van der Waals surface area contributed by atoms with Crippen molar-refractivity contribution in [2.45, 2.75) is 0 Å². The minimum absolute atomic E-state index is 0.0103. The number of anilines is 1. The number of hydrogen-bond acceptors (Lipinski definition) is 6. The molecular weight excluding hydrogens is 422 g/mol. The van der Waals surface area contributed by atoms with E-state index in [2.05, 4.69) is 10.5 Å². The maximum Gasteiger partial charge on any atom is 0.336 e. The highest BCUT2D eigenvalue weighted by Crippen LogP contribution is 2.30. The Labute approximate surface area is 172 Å². The number of halogens is 1. The second-order valence-electron chi connectivity index (χ2n) is 5.77. The molecule has 0 atom stereocenters. The number of carbonyl (C=O) groups excluding carboxylic acids is 1. The van der Waals surface area contributed by atoms with Crippen LogP contribution in [0, 0.1) is 0 Å². The average molecular weight is 440 g/mol. The fourth-order valence-electron chi connectivity index (χ4n) is 2.35. The van der Waals surface area contributed by atoms with Gasteiger partial charge in [-0.3, -0.25) is 9.10 Å². The van der Waals surface area contributed by atoms with Crippen molar-refractivity contribution in [3.8, 4) is 5.75 Å². The zero-order valence-corrected chi connectivity index (χ0v) is 17.1. The van der Waals surface area contributed by atoms with Gasteiger partial charge < -0.3 is 9.84 Å². The lowest BCUT2D eigenvalue weighted by atomic mass is 10.1. The van der Waals surface area contributed by atoms with E-state index in [1.807, 2.05) is 0 Å². The summed E-state index contributed by atoms with van der Waals surface area (Å²) in [5, 5.41) is 13.0. The van der Waals surface area contributed by atoms with Gasteiger partial charge in [0.05, 0.1) is 35.9 Å². The third-order valence-electron chi connectivity index (χ3n) is 3.69. The number of carbonyl (C=O) groups is 2. The van der Waals surface area contributed by atoms with Crippen molar-refractivity contribution in [3.05, 3.63) is 58.6 Å². The Kier molecular flexibility index (Phi) is 7.18. The monoisotopic (exact) mass is 439 g/mol. The van der Waals surface area contributed by atoms with E-state index in [0.717, 1.165) is 16.8 Å². The molecule has 1 amide bonds. The standard InChI is InChI=1S/C18H18ClN3O6S/c1-28-16-8-7-13(9-15(16)19)22(29(2,26)27)11-17(23)21-20-10-12-5-3-4-6-14(12)18(24)25/h3-10H,11H2,1-2H3,(H,21,23)(H,24,25)/b20-10-. The fraction of sp³-hybridized carbons (Fsp3) is 0.167. The quantitative estimate of drug-likeness (QED) is 0.478. The minimum Gasteiger partial charge on any atom is -0.495 e. The molecule has 0 aliphatic carbocycles. The van der Waals surface area contributed by atoms with E-state index >= 15 is 0 Å². The third kappa shape index (κ3) is 5.93. The van der Waals surface area contributed by atoms with Crippen LogP contribution >= 0.6 is 11.6 Å². The molecule has 9 nitrogen and oxygen atoms in total. The maximum atomic E-state index is 12.2. The summed E-state index contributed by atoms with van der Waals surface area (Å²) in [6.07, 6.45) is 2.11. The number of aromatic carboxylic acids is 1. The van der Waals surface area contributed by atoms with E-state index in [0.29, 0.717) is 5.75 Å². The number of hydrogen-bond donors (Lipinski definition) is 2. The van der Waals surface area contributed by atoms with Crippen molar-refractivity contribution < 1.29 is 27.9 Å². The second kappa shape index (κ2) is 9.39. The summed E-state index contributed by atoms with van der Waals surface area (Å²) in [6, 6.07) is 10.4. The molecule has 0 aliphatic rings. The molecule has 0 saturated heterocycles. The van der Waals surface area contributed by atoms with E-state index in [1.165, 1.54) is 37.4 Å². The van der Waals surface area contributed by atoms with E-state index in [1.54, 1.807) is 12.1 Å². The van der Waals surface area contributed by atoms with Gasteiger partial charge in [0.2, 0.25) is 10.0 Å². The Balaban J connectivity index is 2.16. The van der Waals surface area contributed by atoms with Crippen molar-refractivity contribution >= 4 is 45.4 Å². The smallest absolute Gasteiger partial charge is 0.336 e. The van der Waals surface area contributed by atoms with Gasteiger partial charge in [0.25, 0.3) is 5.91 Å². The molecule has 29 heavy (non-hydrogen) atoms. The van der Waals surface area contributed by atoms with Gasteiger partial charge >= 0.3 is 5.97 Å². The Morgan fingerprint density at radius 3 is 2.55 bits per heavy atom. The fourth-order valence-corrected chi connectivity index (χ4v) is 3.45. The number of carboxylic acid groups (broad SMARTS) is 1. The van der Waals surface area contributed by atoms with Crippen molar-refractivity contribution in [1.29, 1.82) is 0 Å². The summed E-state index contributed by atoms with van der Waals surface area (Å²) < 4.78 is 30.1. The number of ether oxygens (including phenoxy) is 1. The minimum atomic E-state index is -3.80. The molecule has 0 aromatic heterocycles. The van der Waals surface area contributed by atoms with Crippen LogP contribution in [0.5, 0.6) is 5.75 Å². The van der Waals surface area contributed by atoms with Crippen molar-refractivity contribution in [3.63, 3.8) is 0 Å². The van der Waals surface area contributed by atoms with Crippen LogP contribution < -0.4 is 14.5 Å². The molecule has 0 spiro atoms. The van der Waals surface area contributed by atoms with Crippen LogP contribution in [-0.2, 0) is 14.8 Å². The molecule has 2 aromatic rings. The van der Waals surface area contributed by atoms with E-state index in [9.17, 15) is 18.0 Å². The van der Waals surface area contributed by atoms with Gasteiger partial charge in [-0.1, -0.05) is 29.8 Å². The van der Waals surface area contributed by atoms with Gasteiger partial charge in [0, 0.05) is 5.56 Å². The largest absolute Gasteiger partial charge is 0.495 e. The lowest BCUT2D eigenvalue weighted by Crippen LogP contribution is -2.39. The number of benzene rings is 2. The molecule has 154 valence electrons. The molecule has 0 heterocycles. The highest BCUT2D eigenvalue weighted by Gasteiger charge is 2.21. The molecule has 0 bridgehead atoms. The molecule has 2 rings (SSSR count). The molecule has 0 aliphatic heterocycles. The second-order valence-corrected chi connectivity index (χ2v) is 8.09. The first kappa shape index (κ1) is 22.2. The Morgan fingerprint density at radius 2 is 1.97 bits per heavy atom. The zero-order valence-electron chi connectivity index (χ0n) is 15.5. The SMILES string of the molecule is COc1ccc(N(CC(=O)N/N=C\c2ccccc2C(=O)O)S(C)(=O)=O)cc1Cl. The zero-order chi connectivity index (χ0) is 21.6. The molecule has 11 heteroatoms. The van der Waals surface area contributed by atoms with Crippen LogP contribution in [0.4, 0.5) is 5.69 Å². The normalized spacial score (nSPS) is 11.3. The number of amides is 1. The molecule has 2 aromatic carbocycles. The molecule has 0 saturated carbocycles. The van der Waals surface area contributed by atoms with Crippen LogP contribution in [0.1, 0.15) is 15.9 Å². The van der Waals surface area contributed by atoms with E-state index < -0.39 is 28.4 Å². The summed E-state index contributed by atoms with van der Waals surface area (Å²) >= 11 is 6.03. The highest BCUT2D eigenvalue weighted by molar-refractivity contribution is 7.92. The summed E-state index contributed by atoms with van der Waals surface area (Å²) in [6.45, 7) is -0.556. The van der Waals surface area contributed by atoms with Gasteiger partial charge in [-0.15, -0.1) is 0 Å². The predicted molar refractivity (Wildman–Crippen MR) is 109 cm³/mol. The summed E-state index contributed by atoms with van der Waals surface area (Å²) in [7, 11) is -2.38. The first-order valence-electron chi connectivity index (χ1n) is 8.09. The topological polar surface area (TPSA) is 125 Å². The number of nitrogens with zero attached hydrogens (tertiary/aromatic N) is 2. The lowest BCUT2D eigenvalue weighted by Gasteiger charge is -2.22. The van der Waals surface area contributed by atoms with Crippen molar-refractivity contribution in [2.75, 3.05) is 24.2 Å². The number of methoxy groups -OCH3 is 1. The number of rotatable bonds is 8. The molecule has 0 radical (unpaired) electrons. The number of carboxylic acids is 1. The van der Waals surface area contributed by atoms with E-state index in [-0.39, 0.29) is 21.8 Å². The van der Waals surface area contributed by atoms with Crippen LogP contribution in [-0.4, -0.2) is 51.5 Å². The molecule has 2 N–H and O–H groups in total. The summed E-state index contributed by atoms with van der Waals surface area (Å²) in [5.41, 5.74) is 2.65. The molecule has 0 unspecified atom stereocenters. The van der Waals surface area contributed by atoms with Crippen LogP contribution in [0.25, 0.3) is 0 Å². The lowest BCUT2D eigenvalue weighted by molar-refractivity contribution is -0.119. The Bertz CT molecular complexity index is 1060. The van der Waals surface area contributed by atoms with Gasteiger partial charge in [-0.2, -0.15) is 5.10 Å². The summed E-state index contributed by atoms with van der Waals surface area (Å²) in [5.74, 6) is -1.51. The van der Waals surface area contributed by atoms with Gasteiger partial charge in [-0.05, 0) is 24.3 Å². The van der Waals surface area contributed by atoms with Crippen LogP contribution in [0.2, 0.25) is 5.02 Å². The predicted octanol–water partition coefficient (Wildman–Crippen LogP) is 1.96. The molecule has 0 fully saturated rings. The van der Waals surface area contributed by atoms with Gasteiger partial charge in [0.15, 0.2) is 0 Å². The first-order chi connectivity index (χ1) is 13.6. The van der Waals surface area contributed by atoms with Crippen LogP contribution in [0.15, 0.2) is 47.6 Å². The van der Waals surface area contributed by atoms with Gasteiger partial charge in [-0.25, -0.2) is 18.6 Å². The van der Waals surface area contributed by atoms with Crippen molar-refractivity contribution in [1.82, 2.24) is 5.43 Å². The number of hydrazone groups is 1. The first-order valence-corrected chi connectivity index (χ1v) is 10.3. The van der Waals surface area contributed by atoms with Crippen LogP contribution in [0.3, 0.4) is 0 Å². The average Bonchev–Trinajstić information content (AvgIpc) is 2.65. The summed E-state index contributed by atoms with van der Waals surface area (Å²) in [4.78, 5) is 23.3. The third-order valence-corrected chi connectivity index (χ3v) is 5.13. The van der Waals surface area contributed by atoms with Gasteiger partial charge in [0.1, 0.15) is 12.3 Å². The number of sulfonamides is 1. The Morgan fingerprint density at radius 1 is 1.28 bits per heavy atom. The van der Waals surface area contributed by atoms with Crippen molar-refractivity contribution in [2.24, 2.45) is 5.10 Å². The Hall–Kier alpha value is -3.11. The van der Waals surface area contributed by atoms with E-state index in [4.69, 9.17) is 21.4 Å². The molecular formula is C18H18ClN3O6S. The highest BCUT2D eigenvalue weighted by atomic mass is 35.5. The number of nitrogens with one attached hydrogen (secondary N) is 1.